The van der Waals surface area contributed by atoms with Gasteiger partial charge < -0.3 is 11.1 Å². The van der Waals surface area contributed by atoms with Crippen molar-refractivity contribution in [2.75, 3.05) is 5.32 Å². The summed E-state index contributed by atoms with van der Waals surface area (Å²) in [6, 6.07) is 13.7. The molecule has 3 N–H and O–H groups in total. The molecule has 2 aliphatic rings. The van der Waals surface area contributed by atoms with E-state index in [-0.39, 0.29) is 0 Å². The first kappa shape index (κ1) is 14.9. The number of hydrogen-bond acceptors (Lipinski definition) is 4. The summed E-state index contributed by atoms with van der Waals surface area (Å²) in [4.78, 5) is 4.78. The number of benzene rings is 1. The van der Waals surface area contributed by atoms with E-state index in [9.17, 15) is 0 Å². The van der Waals surface area contributed by atoms with Crippen LogP contribution in [0.4, 0.5) is 5.82 Å². The lowest BCUT2D eigenvalue weighted by Gasteiger charge is -2.16. The molecular formula is C20H23N5. The largest absolute Gasteiger partial charge is 0.367 e. The number of anilines is 1. The minimum Gasteiger partial charge on any atom is -0.367 e. The van der Waals surface area contributed by atoms with Crippen LogP contribution < -0.4 is 11.1 Å². The Morgan fingerprint density at radius 3 is 2.60 bits per heavy atom. The first-order valence-electron chi connectivity index (χ1n) is 9.23. The minimum absolute atomic E-state index is 0.307. The average molecular weight is 333 g/mol. The molecule has 2 heterocycles. The van der Waals surface area contributed by atoms with Gasteiger partial charge in [-0.3, -0.25) is 0 Å². The highest BCUT2D eigenvalue weighted by molar-refractivity contribution is 5.67. The van der Waals surface area contributed by atoms with Crippen molar-refractivity contribution in [3.8, 4) is 11.3 Å². The SMILES string of the molecule is N[C@H]1CC[C@H](Nc2cc(-c3ccc(C4CC4)cc3)nc3ccnn23)C1. The van der Waals surface area contributed by atoms with Gasteiger partial charge in [0, 0.05) is 29.8 Å². The molecule has 0 saturated heterocycles. The summed E-state index contributed by atoms with van der Waals surface area (Å²) in [5.74, 6) is 1.78. The number of hydrogen-bond donors (Lipinski definition) is 2. The molecule has 0 radical (unpaired) electrons. The van der Waals surface area contributed by atoms with Crippen molar-refractivity contribution in [2.45, 2.75) is 50.1 Å². The summed E-state index contributed by atoms with van der Waals surface area (Å²) in [6.07, 6.45) is 7.66. The standard InChI is InChI=1S/C20H23N5/c21-16-7-8-17(11-16)23-20-12-18(24-19-9-10-22-25(19)20)15-5-3-14(4-6-15)13-1-2-13/h3-6,9-10,12-13,16-17,23H,1-2,7-8,11,21H2/t16-,17-/m0/s1. The zero-order chi connectivity index (χ0) is 16.8. The predicted octanol–water partition coefficient (Wildman–Crippen LogP) is 3.57. The van der Waals surface area contributed by atoms with Crippen LogP contribution in [0.25, 0.3) is 16.9 Å². The quantitative estimate of drug-likeness (QED) is 0.766. The number of fused-ring (bicyclic) bond motifs is 1. The van der Waals surface area contributed by atoms with Gasteiger partial charge in [0.25, 0.3) is 0 Å². The molecule has 2 fully saturated rings. The van der Waals surface area contributed by atoms with Gasteiger partial charge >= 0.3 is 0 Å². The van der Waals surface area contributed by atoms with E-state index in [4.69, 9.17) is 10.7 Å². The van der Waals surface area contributed by atoms with E-state index < -0.39 is 0 Å². The molecule has 2 aromatic heterocycles. The van der Waals surface area contributed by atoms with Crippen molar-refractivity contribution in [2.24, 2.45) is 5.73 Å². The highest BCUT2D eigenvalue weighted by atomic mass is 15.3. The van der Waals surface area contributed by atoms with Crippen molar-refractivity contribution in [3.05, 3.63) is 48.2 Å². The molecule has 2 saturated carbocycles. The lowest BCUT2D eigenvalue weighted by molar-refractivity contribution is 0.684. The normalized spacial score (nSPS) is 23.2. The Hall–Kier alpha value is -2.40. The topological polar surface area (TPSA) is 68.2 Å². The molecule has 5 rings (SSSR count). The highest BCUT2D eigenvalue weighted by Gasteiger charge is 2.24. The van der Waals surface area contributed by atoms with Gasteiger partial charge in [0.15, 0.2) is 5.65 Å². The van der Waals surface area contributed by atoms with Gasteiger partial charge in [-0.2, -0.15) is 9.61 Å². The summed E-state index contributed by atoms with van der Waals surface area (Å²) in [5.41, 5.74) is 10.5. The number of rotatable bonds is 4. The Morgan fingerprint density at radius 1 is 1.04 bits per heavy atom. The molecule has 2 aliphatic carbocycles. The molecule has 1 aromatic carbocycles. The Bertz CT molecular complexity index is 894. The molecule has 5 heteroatoms. The average Bonchev–Trinajstić information content (AvgIpc) is 3.23. The minimum atomic E-state index is 0.307. The van der Waals surface area contributed by atoms with Crippen LogP contribution in [0.5, 0.6) is 0 Å². The monoisotopic (exact) mass is 333 g/mol. The fraction of sp³-hybridized carbons (Fsp3) is 0.400. The lowest BCUT2D eigenvalue weighted by Crippen LogP contribution is -2.22. The van der Waals surface area contributed by atoms with Crippen LogP contribution >= 0.6 is 0 Å². The van der Waals surface area contributed by atoms with Crippen molar-refractivity contribution >= 4 is 11.5 Å². The fourth-order valence-corrected chi connectivity index (χ4v) is 3.86. The van der Waals surface area contributed by atoms with Crippen LogP contribution in [0.2, 0.25) is 0 Å². The third-order valence-electron chi connectivity index (χ3n) is 5.44. The van der Waals surface area contributed by atoms with Crippen molar-refractivity contribution < 1.29 is 0 Å². The molecule has 128 valence electrons. The van der Waals surface area contributed by atoms with Gasteiger partial charge in [-0.05, 0) is 43.6 Å². The third-order valence-corrected chi connectivity index (χ3v) is 5.44. The molecule has 0 aliphatic heterocycles. The van der Waals surface area contributed by atoms with Gasteiger partial charge in [0.2, 0.25) is 0 Å². The lowest BCUT2D eigenvalue weighted by atomic mass is 10.1. The van der Waals surface area contributed by atoms with E-state index in [0.717, 1.165) is 47.9 Å². The number of nitrogens with zero attached hydrogens (tertiary/aromatic N) is 3. The maximum Gasteiger partial charge on any atom is 0.157 e. The Morgan fingerprint density at radius 2 is 1.88 bits per heavy atom. The number of nitrogens with one attached hydrogen (secondary N) is 1. The molecule has 0 bridgehead atoms. The molecular weight excluding hydrogens is 310 g/mol. The van der Waals surface area contributed by atoms with Crippen LogP contribution in [0.3, 0.4) is 0 Å². The van der Waals surface area contributed by atoms with Gasteiger partial charge in [-0.25, -0.2) is 4.98 Å². The molecule has 5 nitrogen and oxygen atoms in total. The Labute approximate surface area is 147 Å². The van der Waals surface area contributed by atoms with E-state index >= 15 is 0 Å². The summed E-state index contributed by atoms with van der Waals surface area (Å²) < 4.78 is 1.88. The zero-order valence-corrected chi connectivity index (χ0v) is 14.2. The van der Waals surface area contributed by atoms with E-state index in [1.807, 2.05) is 10.6 Å². The fourth-order valence-electron chi connectivity index (χ4n) is 3.86. The second-order valence-electron chi connectivity index (χ2n) is 7.44. The summed E-state index contributed by atoms with van der Waals surface area (Å²) >= 11 is 0. The molecule has 0 spiro atoms. The predicted molar refractivity (Wildman–Crippen MR) is 99.6 cm³/mol. The van der Waals surface area contributed by atoms with Crippen LogP contribution in [0.15, 0.2) is 42.6 Å². The first-order valence-corrected chi connectivity index (χ1v) is 9.23. The summed E-state index contributed by atoms with van der Waals surface area (Å²) in [7, 11) is 0. The van der Waals surface area contributed by atoms with Crippen LogP contribution in [-0.4, -0.2) is 26.7 Å². The number of nitrogens with two attached hydrogens (primary N) is 1. The van der Waals surface area contributed by atoms with Crippen molar-refractivity contribution in [1.29, 1.82) is 0 Å². The zero-order valence-electron chi connectivity index (χ0n) is 14.2. The van der Waals surface area contributed by atoms with Crippen molar-refractivity contribution in [1.82, 2.24) is 14.6 Å². The van der Waals surface area contributed by atoms with Gasteiger partial charge in [-0.15, -0.1) is 0 Å². The third kappa shape index (κ3) is 2.89. The van der Waals surface area contributed by atoms with E-state index in [2.05, 4.69) is 40.7 Å². The van der Waals surface area contributed by atoms with Gasteiger partial charge in [0.05, 0.1) is 11.9 Å². The highest BCUT2D eigenvalue weighted by Crippen LogP contribution is 2.40. The van der Waals surface area contributed by atoms with E-state index in [1.54, 1.807) is 6.20 Å². The van der Waals surface area contributed by atoms with Crippen LogP contribution in [-0.2, 0) is 0 Å². The summed E-state index contributed by atoms with van der Waals surface area (Å²) in [6.45, 7) is 0. The van der Waals surface area contributed by atoms with E-state index in [1.165, 1.54) is 18.4 Å². The molecule has 0 amide bonds. The molecule has 2 atom stereocenters. The van der Waals surface area contributed by atoms with Crippen LogP contribution in [0.1, 0.15) is 43.6 Å². The maximum absolute atomic E-state index is 6.06. The molecule has 0 unspecified atom stereocenters. The summed E-state index contributed by atoms with van der Waals surface area (Å²) in [5, 5.41) is 8.05. The van der Waals surface area contributed by atoms with Crippen LogP contribution in [0, 0.1) is 0 Å². The smallest absolute Gasteiger partial charge is 0.157 e. The maximum atomic E-state index is 6.06. The number of aromatic nitrogens is 3. The van der Waals surface area contributed by atoms with E-state index in [0.29, 0.717) is 12.1 Å². The van der Waals surface area contributed by atoms with Gasteiger partial charge in [0.1, 0.15) is 5.82 Å². The van der Waals surface area contributed by atoms with Gasteiger partial charge in [-0.1, -0.05) is 24.3 Å². The Kier molecular flexibility index (Phi) is 3.48. The second-order valence-corrected chi connectivity index (χ2v) is 7.44. The molecule has 3 aromatic rings. The van der Waals surface area contributed by atoms with Crippen molar-refractivity contribution in [3.63, 3.8) is 0 Å². The second kappa shape index (κ2) is 5.85. The molecule has 25 heavy (non-hydrogen) atoms. The first-order chi connectivity index (χ1) is 12.3. The Balaban J connectivity index is 1.50.